The lowest BCUT2D eigenvalue weighted by Crippen LogP contribution is -2.24. The van der Waals surface area contributed by atoms with Gasteiger partial charge in [0.25, 0.3) is 11.8 Å². The van der Waals surface area contributed by atoms with Gasteiger partial charge in [0.2, 0.25) is 0 Å². The number of ether oxygens (including phenoxy) is 2. The number of esters is 1. The number of carbonyl (C=O) groups is 2. The highest BCUT2D eigenvalue weighted by Gasteiger charge is 2.31. The summed E-state index contributed by atoms with van der Waals surface area (Å²) in [6.07, 6.45) is -4.59. The first kappa shape index (κ1) is 19.6. The van der Waals surface area contributed by atoms with Gasteiger partial charge in [0.1, 0.15) is 5.76 Å². The van der Waals surface area contributed by atoms with Crippen molar-refractivity contribution in [1.82, 2.24) is 5.16 Å². The highest BCUT2D eigenvalue weighted by molar-refractivity contribution is 6.33. The number of nitrogens with one attached hydrogen (secondary N) is 1. The lowest BCUT2D eigenvalue weighted by atomic mass is 10.2. The van der Waals surface area contributed by atoms with Gasteiger partial charge in [-0.15, -0.1) is 0 Å². The number of amides is 1. The molecule has 140 valence electrons. The molecule has 7 nitrogen and oxygen atoms in total. The molecule has 0 radical (unpaired) electrons. The first-order chi connectivity index (χ1) is 12.1. The lowest BCUT2D eigenvalue weighted by molar-refractivity contribution is -0.149. The fourth-order valence-electron chi connectivity index (χ4n) is 1.72. The minimum Gasteiger partial charge on any atom is -0.463 e. The standard InChI is InChI=1S/C15H12ClF3N2O5/c1-8-4-13(21-26-8)24-7-14(23)25-6-12(22)20-11-5-9(15(17,18)19)2-3-10(11)16/h2-5H,6-7H2,1H3,(H,20,22). The summed E-state index contributed by atoms with van der Waals surface area (Å²) in [4.78, 5) is 23.2. The van der Waals surface area contributed by atoms with Gasteiger partial charge in [0.05, 0.1) is 16.3 Å². The number of aryl methyl sites for hydroxylation is 1. The predicted octanol–water partition coefficient (Wildman–Crippen LogP) is 3.22. The summed E-state index contributed by atoms with van der Waals surface area (Å²) < 4.78 is 52.3. The van der Waals surface area contributed by atoms with Crippen LogP contribution in [0.4, 0.5) is 18.9 Å². The second kappa shape index (κ2) is 8.09. The van der Waals surface area contributed by atoms with Crippen molar-refractivity contribution in [3.05, 3.63) is 40.6 Å². The van der Waals surface area contributed by atoms with Crippen LogP contribution in [0.5, 0.6) is 5.88 Å². The van der Waals surface area contributed by atoms with Gasteiger partial charge in [-0.1, -0.05) is 11.6 Å². The van der Waals surface area contributed by atoms with E-state index in [4.69, 9.17) is 20.9 Å². The molecule has 11 heteroatoms. The molecule has 0 atom stereocenters. The van der Waals surface area contributed by atoms with E-state index in [2.05, 4.69) is 15.2 Å². The van der Waals surface area contributed by atoms with E-state index in [0.717, 1.165) is 12.1 Å². The molecule has 0 spiro atoms. The average molecular weight is 393 g/mol. The number of anilines is 1. The van der Waals surface area contributed by atoms with Crippen LogP contribution in [0.2, 0.25) is 5.02 Å². The molecule has 0 saturated heterocycles. The third kappa shape index (κ3) is 5.66. The molecular weight excluding hydrogens is 381 g/mol. The molecule has 0 aliphatic rings. The Balaban J connectivity index is 1.84. The second-order valence-corrected chi connectivity index (χ2v) is 5.37. The molecule has 1 aromatic carbocycles. The molecule has 0 bridgehead atoms. The summed E-state index contributed by atoms with van der Waals surface area (Å²) in [5.74, 6) is -1.20. The van der Waals surface area contributed by atoms with Gasteiger partial charge in [0, 0.05) is 6.07 Å². The maximum atomic E-state index is 12.7. The van der Waals surface area contributed by atoms with E-state index in [9.17, 15) is 22.8 Å². The van der Waals surface area contributed by atoms with Gasteiger partial charge < -0.3 is 19.3 Å². The summed E-state index contributed by atoms with van der Waals surface area (Å²) >= 11 is 5.75. The van der Waals surface area contributed by atoms with Crippen LogP contribution >= 0.6 is 11.6 Å². The monoisotopic (exact) mass is 392 g/mol. The van der Waals surface area contributed by atoms with E-state index in [1.165, 1.54) is 6.07 Å². The second-order valence-electron chi connectivity index (χ2n) is 4.97. The van der Waals surface area contributed by atoms with Gasteiger partial charge in [-0.3, -0.25) is 4.79 Å². The number of halogens is 4. The van der Waals surface area contributed by atoms with Crippen LogP contribution in [0, 0.1) is 6.92 Å². The first-order valence-electron chi connectivity index (χ1n) is 7.03. The van der Waals surface area contributed by atoms with E-state index in [0.29, 0.717) is 11.8 Å². The number of nitrogens with zero attached hydrogens (tertiary/aromatic N) is 1. The molecule has 1 heterocycles. The number of alkyl halides is 3. The van der Waals surface area contributed by atoms with Gasteiger partial charge in [-0.05, 0) is 30.3 Å². The Labute approximate surface area is 150 Å². The third-order valence-electron chi connectivity index (χ3n) is 2.88. The van der Waals surface area contributed by atoms with Gasteiger partial charge >= 0.3 is 12.1 Å². The van der Waals surface area contributed by atoms with Crippen LogP contribution in [0.15, 0.2) is 28.8 Å². The van der Waals surface area contributed by atoms with Crippen LogP contribution in [-0.2, 0) is 20.5 Å². The average Bonchev–Trinajstić information content (AvgIpc) is 2.97. The molecule has 0 aliphatic carbocycles. The Morgan fingerprint density at radius 1 is 1.27 bits per heavy atom. The molecular formula is C15H12ClF3N2O5. The Hall–Kier alpha value is -2.75. The zero-order valence-electron chi connectivity index (χ0n) is 13.2. The van der Waals surface area contributed by atoms with Crippen molar-refractivity contribution >= 4 is 29.2 Å². The largest absolute Gasteiger partial charge is 0.463 e. The van der Waals surface area contributed by atoms with E-state index < -0.39 is 36.8 Å². The maximum absolute atomic E-state index is 12.7. The van der Waals surface area contributed by atoms with Crippen molar-refractivity contribution in [3.63, 3.8) is 0 Å². The van der Waals surface area contributed by atoms with Crippen molar-refractivity contribution in [2.75, 3.05) is 18.5 Å². The lowest BCUT2D eigenvalue weighted by Gasteiger charge is -2.11. The van der Waals surface area contributed by atoms with Crippen molar-refractivity contribution in [1.29, 1.82) is 0 Å². The molecule has 2 rings (SSSR count). The Bertz CT molecular complexity index is 807. The highest BCUT2D eigenvalue weighted by atomic mass is 35.5. The molecule has 26 heavy (non-hydrogen) atoms. The summed E-state index contributed by atoms with van der Waals surface area (Å²) in [5.41, 5.74) is -1.23. The summed E-state index contributed by atoms with van der Waals surface area (Å²) in [5, 5.41) is 5.53. The fourth-order valence-corrected chi connectivity index (χ4v) is 1.88. The molecule has 0 fully saturated rings. The quantitative estimate of drug-likeness (QED) is 0.759. The normalized spacial score (nSPS) is 11.1. The molecule has 0 saturated carbocycles. The Kier molecular flexibility index (Phi) is 6.09. The van der Waals surface area contributed by atoms with Crippen molar-refractivity contribution < 1.29 is 36.8 Å². The minimum atomic E-state index is -4.59. The number of aromatic nitrogens is 1. The number of rotatable bonds is 6. The zero-order valence-corrected chi connectivity index (χ0v) is 14.0. The number of benzene rings is 1. The highest BCUT2D eigenvalue weighted by Crippen LogP contribution is 2.33. The topological polar surface area (TPSA) is 90.7 Å². The van der Waals surface area contributed by atoms with Crippen molar-refractivity contribution in [2.45, 2.75) is 13.1 Å². The summed E-state index contributed by atoms with van der Waals surface area (Å²) in [6, 6.07) is 3.90. The van der Waals surface area contributed by atoms with Gasteiger partial charge in [0.15, 0.2) is 13.2 Å². The van der Waals surface area contributed by atoms with E-state index >= 15 is 0 Å². The number of carbonyl (C=O) groups excluding carboxylic acids is 2. The Morgan fingerprint density at radius 3 is 2.62 bits per heavy atom. The van der Waals surface area contributed by atoms with Crippen molar-refractivity contribution in [3.8, 4) is 5.88 Å². The molecule has 0 aliphatic heterocycles. The van der Waals surface area contributed by atoms with Crippen LogP contribution in [0.1, 0.15) is 11.3 Å². The SMILES string of the molecule is Cc1cc(OCC(=O)OCC(=O)Nc2cc(C(F)(F)F)ccc2Cl)no1. The fraction of sp³-hybridized carbons (Fsp3) is 0.267. The molecule has 0 unspecified atom stereocenters. The zero-order chi connectivity index (χ0) is 19.3. The maximum Gasteiger partial charge on any atom is 0.416 e. The molecule has 1 aromatic heterocycles. The van der Waals surface area contributed by atoms with Crippen LogP contribution in [0.25, 0.3) is 0 Å². The van der Waals surface area contributed by atoms with Crippen LogP contribution in [-0.4, -0.2) is 30.2 Å². The molecule has 2 aromatic rings. The number of hydrogen-bond donors (Lipinski definition) is 1. The van der Waals surface area contributed by atoms with E-state index in [1.54, 1.807) is 6.92 Å². The molecule has 1 N–H and O–H groups in total. The third-order valence-corrected chi connectivity index (χ3v) is 3.21. The van der Waals surface area contributed by atoms with Crippen molar-refractivity contribution in [2.24, 2.45) is 0 Å². The minimum absolute atomic E-state index is 0.0691. The van der Waals surface area contributed by atoms with Crippen LogP contribution < -0.4 is 10.1 Å². The smallest absolute Gasteiger partial charge is 0.416 e. The molecule has 1 amide bonds. The van der Waals surface area contributed by atoms with E-state index in [-0.39, 0.29) is 16.6 Å². The van der Waals surface area contributed by atoms with Crippen LogP contribution in [0.3, 0.4) is 0 Å². The first-order valence-corrected chi connectivity index (χ1v) is 7.41. The van der Waals surface area contributed by atoms with Gasteiger partial charge in [-0.25, -0.2) is 4.79 Å². The predicted molar refractivity (Wildman–Crippen MR) is 82.8 cm³/mol. The summed E-state index contributed by atoms with van der Waals surface area (Å²) in [7, 11) is 0. The summed E-state index contributed by atoms with van der Waals surface area (Å²) in [6.45, 7) is 0.373. The van der Waals surface area contributed by atoms with E-state index in [1.807, 2.05) is 0 Å². The van der Waals surface area contributed by atoms with Gasteiger partial charge in [-0.2, -0.15) is 13.2 Å². The Morgan fingerprint density at radius 2 is 2.00 bits per heavy atom. The number of hydrogen-bond acceptors (Lipinski definition) is 6.